The number of hydrogen-bond acceptors (Lipinski definition) is 9. The van der Waals surface area contributed by atoms with Crippen molar-refractivity contribution in [3.8, 4) is 11.4 Å². The lowest BCUT2D eigenvalue weighted by molar-refractivity contribution is -0.274. The average Bonchev–Trinajstić information content (AvgIpc) is 3.02. The molecule has 6 rings (SSSR count). The summed E-state index contributed by atoms with van der Waals surface area (Å²) in [7, 11) is 0. The fourth-order valence-electron chi connectivity index (χ4n) is 4.99. The van der Waals surface area contributed by atoms with Crippen LogP contribution in [0.5, 0.6) is 5.75 Å². The highest BCUT2D eigenvalue weighted by molar-refractivity contribution is 7.99. The molecule has 1 saturated carbocycles. The van der Waals surface area contributed by atoms with Crippen LogP contribution in [0.25, 0.3) is 5.69 Å². The van der Waals surface area contributed by atoms with Gasteiger partial charge in [0.15, 0.2) is 5.16 Å². The maximum absolute atomic E-state index is 13.8. The SMILES string of the molecule is Nc1ccccc1-n1c(SC2CCC2)nc2c(c1=O)CN(C(=O)CCNCc1ccc(OC(F)(F)F)cc1)CC2.O=c1ccnc[nH]1. The molecule has 3 heterocycles. The third-order valence-corrected chi connectivity index (χ3v) is 8.94. The number of benzene rings is 2. The van der Waals surface area contributed by atoms with Crippen molar-refractivity contribution in [1.82, 2.24) is 29.7 Å². The second-order valence-corrected chi connectivity index (χ2v) is 12.2. The molecule has 0 unspecified atom stereocenters. The van der Waals surface area contributed by atoms with E-state index in [1.807, 2.05) is 18.2 Å². The predicted octanol–water partition coefficient (Wildman–Crippen LogP) is 4.19. The number of H-pyrrole nitrogens is 1. The molecule has 47 heavy (non-hydrogen) atoms. The van der Waals surface area contributed by atoms with Gasteiger partial charge in [-0.15, -0.1) is 13.2 Å². The van der Waals surface area contributed by atoms with E-state index in [9.17, 15) is 27.6 Å². The molecule has 0 spiro atoms. The van der Waals surface area contributed by atoms with Gasteiger partial charge in [0.2, 0.25) is 5.91 Å². The number of nitrogen functional groups attached to an aromatic ring is 1. The number of aromatic nitrogens is 4. The van der Waals surface area contributed by atoms with E-state index >= 15 is 0 Å². The number of alkyl halides is 3. The fourth-order valence-corrected chi connectivity index (χ4v) is 6.30. The van der Waals surface area contributed by atoms with Crippen LogP contribution in [0.15, 0.2) is 81.9 Å². The maximum atomic E-state index is 13.8. The summed E-state index contributed by atoms with van der Waals surface area (Å²) in [6.07, 6.45) is 2.14. The number of fused-ring (bicyclic) bond motifs is 1. The van der Waals surface area contributed by atoms with E-state index < -0.39 is 6.36 Å². The molecule has 2 aliphatic rings. The molecule has 2 aromatic heterocycles. The highest BCUT2D eigenvalue weighted by atomic mass is 32.2. The first-order valence-corrected chi connectivity index (χ1v) is 15.9. The fraction of sp³-hybridized carbons (Fsp3) is 0.344. The number of amides is 1. The summed E-state index contributed by atoms with van der Waals surface area (Å²) in [5, 5.41) is 4.22. The number of halogens is 3. The first kappa shape index (κ1) is 33.7. The van der Waals surface area contributed by atoms with E-state index in [2.05, 4.69) is 20.0 Å². The summed E-state index contributed by atoms with van der Waals surface area (Å²) in [6, 6.07) is 14.2. The normalized spacial score (nSPS) is 14.4. The number of nitrogens with one attached hydrogen (secondary N) is 2. The average molecular weight is 670 g/mol. The van der Waals surface area contributed by atoms with Crippen molar-refractivity contribution >= 4 is 23.4 Å². The highest BCUT2D eigenvalue weighted by Gasteiger charge is 2.31. The summed E-state index contributed by atoms with van der Waals surface area (Å²) < 4.78 is 42.4. The topological polar surface area (TPSA) is 148 Å². The predicted molar refractivity (Wildman–Crippen MR) is 171 cm³/mol. The van der Waals surface area contributed by atoms with E-state index in [-0.39, 0.29) is 35.7 Å². The van der Waals surface area contributed by atoms with Crippen LogP contribution >= 0.6 is 11.8 Å². The lowest BCUT2D eigenvalue weighted by Gasteiger charge is -2.30. The van der Waals surface area contributed by atoms with Gasteiger partial charge in [-0.3, -0.25) is 19.0 Å². The van der Waals surface area contributed by atoms with Gasteiger partial charge in [-0.2, -0.15) is 0 Å². The van der Waals surface area contributed by atoms with E-state index in [1.54, 1.807) is 27.3 Å². The number of aromatic amines is 1. The van der Waals surface area contributed by atoms with E-state index in [4.69, 9.17) is 10.7 Å². The first-order chi connectivity index (χ1) is 22.6. The smallest absolute Gasteiger partial charge is 0.406 e. The Labute approximate surface area is 272 Å². The Balaban J connectivity index is 0.000000549. The molecular formula is C32H34F3N7O4S. The largest absolute Gasteiger partial charge is 0.573 e. The number of thioether (sulfide) groups is 1. The first-order valence-electron chi connectivity index (χ1n) is 15.1. The van der Waals surface area contributed by atoms with Gasteiger partial charge < -0.3 is 25.7 Å². The van der Waals surface area contributed by atoms with Crippen molar-refractivity contribution in [3.63, 3.8) is 0 Å². The molecule has 15 heteroatoms. The van der Waals surface area contributed by atoms with Crippen LogP contribution in [0.3, 0.4) is 0 Å². The zero-order chi connectivity index (χ0) is 33.4. The molecule has 4 aromatic rings. The van der Waals surface area contributed by atoms with Crippen LogP contribution < -0.4 is 26.9 Å². The van der Waals surface area contributed by atoms with E-state index in [1.165, 1.54) is 49.3 Å². The summed E-state index contributed by atoms with van der Waals surface area (Å²) in [5.41, 5.74) is 9.01. The van der Waals surface area contributed by atoms with Crippen molar-refractivity contribution in [2.75, 3.05) is 18.8 Å². The molecule has 248 valence electrons. The monoisotopic (exact) mass is 669 g/mol. The zero-order valence-corrected chi connectivity index (χ0v) is 26.2. The molecule has 1 amide bonds. The highest BCUT2D eigenvalue weighted by Crippen LogP contribution is 2.37. The molecule has 0 atom stereocenters. The van der Waals surface area contributed by atoms with Gasteiger partial charge in [-0.05, 0) is 42.7 Å². The number of anilines is 1. The van der Waals surface area contributed by atoms with E-state index in [0.29, 0.717) is 53.4 Å². The number of nitrogens with zero attached hydrogens (tertiary/aromatic N) is 4. The molecule has 2 aromatic carbocycles. The van der Waals surface area contributed by atoms with E-state index in [0.717, 1.165) is 24.1 Å². The number of carbonyl (C=O) groups excluding carboxylic acids is 1. The molecule has 11 nitrogen and oxygen atoms in total. The summed E-state index contributed by atoms with van der Waals surface area (Å²) in [6.45, 7) is 1.42. The van der Waals surface area contributed by atoms with Crippen LogP contribution in [0.2, 0.25) is 0 Å². The minimum Gasteiger partial charge on any atom is -0.406 e. The minimum atomic E-state index is -4.73. The van der Waals surface area contributed by atoms with Crippen LogP contribution in [-0.4, -0.2) is 55.0 Å². The third-order valence-electron chi connectivity index (χ3n) is 7.65. The van der Waals surface area contributed by atoms with Gasteiger partial charge in [0.05, 0.1) is 35.5 Å². The Kier molecular flexibility index (Phi) is 11.0. The van der Waals surface area contributed by atoms with Crippen molar-refractivity contribution in [3.05, 3.63) is 105 Å². The quantitative estimate of drug-likeness (QED) is 0.136. The van der Waals surface area contributed by atoms with Crippen LogP contribution in [0, 0.1) is 0 Å². The number of rotatable bonds is 9. The Bertz CT molecular complexity index is 1780. The third kappa shape index (κ3) is 9.23. The van der Waals surface area contributed by atoms with Crippen molar-refractivity contribution in [1.29, 1.82) is 0 Å². The van der Waals surface area contributed by atoms with Crippen LogP contribution in [0.4, 0.5) is 18.9 Å². The molecule has 0 radical (unpaired) electrons. The number of ether oxygens (including phenoxy) is 1. The minimum absolute atomic E-state index is 0.0924. The van der Waals surface area contributed by atoms with Crippen molar-refractivity contribution < 1.29 is 22.7 Å². The number of nitrogens with two attached hydrogens (primary N) is 1. The standard InChI is InChI=1S/C28H30F3N5O3S.C4H4N2O/c29-28(30,31)39-19-10-8-18(9-11-19)16-33-14-12-25(37)35-15-13-23-21(17-35)26(38)36(24-7-2-1-6-22(24)32)27(34-23)40-20-4-3-5-20;7-4-1-2-5-3-6-4/h1-2,6-11,20,33H,3-5,12-17,32H2;1-3H,(H,5,6,7). The van der Waals surface area contributed by atoms with Gasteiger partial charge in [0.25, 0.3) is 11.1 Å². The maximum Gasteiger partial charge on any atom is 0.573 e. The van der Waals surface area contributed by atoms with Crippen LogP contribution in [-0.2, 0) is 24.3 Å². The van der Waals surface area contributed by atoms with Gasteiger partial charge in [0.1, 0.15) is 5.75 Å². The molecule has 1 aliphatic carbocycles. The Morgan fingerprint density at radius 2 is 1.87 bits per heavy atom. The summed E-state index contributed by atoms with van der Waals surface area (Å²) in [5.74, 6) is -0.376. The molecule has 1 fully saturated rings. The Morgan fingerprint density at radius 3 is 2.49 bits per heavy atom. The lowest BCUT2D eigenvalue weighted by Crippen LogP contribution is -2.42. The Hall–Kier alpha value is -4.63. The second kappa shape index (κ2) is 15.3. The second-order valence-electron chi connectivity index (χ2n) is 11.0. The molecular weight excluding hydrogens is 635 g/mol. The summed E-state index contributed by atoms with van der Waals surface area (Å²) in [4.78, 5) is 49.5. The van der Waals surface area contributed by atoms with Gasteiger partial charge >= 0.3 is 6.36 Å². The number of para-hydroxylation sites is 2. The molecule has 4 N–H and O–H groups in total. The molecule has 0 saturated heterocycles. The van der Waals surface area contributed by atoms with Crippen molar-refractivity contribution in [2.45, 2.75) is 62.0 Å². The Morgan fingerprint density at radius 1 is 1.11 bits per heavy atom. The van der Waals surface area contributed by atoms with Crippen molar-refractivity contribution in [2.24, 2.45) is 0 Å². The van der Waals surface area contributed by atoms with Gasteiger partial charge in [0, 0.05) is 50.0 Å². The van der Waals surface area contributed by atoms with Crippen LogP contribution in [0.1, 0.15) is 42.5 Å². The number of hydrogen-bond donors (Lipinski definition) is 3. The summed E-state index contributed by atoms with van der Waals surface area (Å²) >= 11 is 1.62. The lowest BCUT2D eigenvalue weighted by atomic mass is 10.0. The molecule has 1 aliphatic heterocycles. The van der Waals surface area contributed by atoms with Gasteiger partial charge in [-0.1, -0.05) is 42.4 Å². The zero-order valence-electron chi connectivity index (χ0n) is 25.3. The molecule has 0 bridgehead atoms. The van der Waals surface area contributed by atoms with Gasteiger partial charge in [-0.25, -0.2) is 9.97 Å². The number of carbonyl (C=O) groups is 1.